The number of hydrogen-bond donors (Lipinski definition) is 1. The lowest BCUT2D eigenvalue weighted by molar-refractivity contribution is 0.630. The molecule has 0 aliphatic carbocycles. The average molecular weight is 333 g/mol. The third kappa shape index (κ3) is 2.43. The van der Waals surface area contributed by atoms with Gasteiger partial charge in [0.2, 0.25) is 0 Å². The Morgan fingerprint density at radius 2 is 2.22 bits per heavy atom. The first kappa shape index (κ1) is 13.5. The number of halogens is 3. The number of imidazole rings is 1. The van der Waals surface area contributed by atoms with Gasteiger partial charge in [-0.1, -0.05) is 27.5 Å². The van der Waals surface area contributed by atoms with Crippen molar-refractivity contribution in [3.63, 3.8) is 0 Å². The van der Waals surface area contributed by atoms with Gasteiger partial charge in [-0.25, -0.2) is 9.37 Å². The maximum atomic E-state index is 13.8. The van der Waals surface area contributed by atoms with Gasteiger partial charge in [0.05, 0.1) is 0 Å². The molecule has 2 aromatic rings. The van der Waals surface area contributed by atoms with Crippen molar-refractivity contribution in [2.75, 3.05) is 6.54 Å². The smallest absolute Gasteiger partial charge is 0.136 e. The summed E-state index contributed by atoms with van der Waals surface area (Å²) in [7, 11) is 1.79. The zero-order chi connectivity index (χ0) is 13.3. The second kappa shape index (κ2) is 5.38. The van der Waals surface area contributed by atoms with E-state index in [9.17, 15) is 4.39 Å². The van der Waals surface area contributed by atoms with Crippen LogP contribution in [-0.2, 0) is 13.5 Å². The molecule has 0 spiro atoms. The molecule has 0 saturated carbocycles. The number of nitrogens with zero attached hydrogens (tertiary/aromatic N) is 2. The largest absolute Gasteiger partial charge is 0.330 e. The molecule has 0 radical (unpaired) electrons. The van der Waals surface area contributed by atoms with Crippen LogP contribution in [0.4, 0.5) is 4.39 Å². The Kier molecular flexibility index (Phi) is 4.04. The lowest BCUT2D eigenvalue weighted by Gasteiger charge is -2.01. The Bertz CT molecular complexity index is 583. The number of nitrogens with two attached hydrogens (primary N) is 1. The van der Waals surface area contributed by atoms with Crippen molar-refractivity contribution in [2.24, 2.45) is 12.8 Å². The molecule has 96 valence electrons. The summed E-state index contributed by atoms with van der Waals surface area (Å²) in [6.45, 7) is 0.474. The zero-order valence-electron chi connectivity index (χ0n) is 9.75. The van der Waals surface area contributed by atoms with Gasteiger partial charge in [0.15, 0.2) is 0 Å². The third-order valence-electron chi connectivity index (χ3n) is 2.67. The van der Waals surface area contributed by atoms with Crippen molar-refractivity contribution in [2.45, 2.75) is 6.42 Å². The van der Waals surface area contributed by atoms with Crippen molar-refractivity contribution in [3.8, 4) is 11.3 Å². The van der Waals surface area contributed by atoms with Crippen LogP contribution < -0.4 is 5.73 Å². The summed E-state index contributed by atoms with van der Waals surface area (Å²) in [5.74, 6) is 0.398. The zero-order valence-corrected chi connectivity index (χ0v) is 12.1. The van der Waals surface area contributed by atoms with Gasteiger partial charge in [0.1, 0.15) is 22.5 Å². The fourth-order valence-corrected chi connectivity index (χ4v) is 2.33. The predicted octanol–water partition coefficient (Wildman–Crippen LogP) is 3.14. The molecule has 0 amide bonds. The van der Waals surface area contributed by atoms with E-state index in [1.165, 1.54) is 6.07 Å². The van der Waals surface area contributed by atoms with Gasteiger partial charge >= 0.3 is 0 Å². The highest BCUT2D eigenvalue weighted by molar-refractivity contribution is 9.10. The summed E-state index contributed by atoms with van der Waals surface area (Å²) in [4.78, 5) is 4.36. The molecule has 0 atom stereocenters. The maximum absolute atomic E-state index is 13.8. The molecule has 3 nitrogen and oxygen atoms in total. The molecule has 0 aliphatic rings. The monoisotopic (exact) mass is 331 g/mol. The van der Waals surface area contributed by atoms with Crippen LogP contribution in [-0.4, -0.2) is 16.1 Å². The standard InChI is InChI=1S/C12H12BrClFN3/c1-18-10(4-5-16)17-11(12(18)14)8-6-7(13)2-3-9(8)15/h2-3,6H,4-5,16H2,1H3. The number of hydrogen-bond acceptors (Lipinski definition) is 2. The molecular weight excluding hydrogens is 321 g/mol. The molecule has 2 N–H and O–H groups in total. The minimum atomic E-state index is -0.350. The second-order valence-electron chi connectivity index (χ2n) is 3.89. The van der Waals surface area contributed by atoms with Gasteiger partial charge in [-0.15, -0.1) is 0 Å². The van der Waals surface area contributed by atoms with Crippen LogP contribution in [0.5, 0.6) is 0 Å². The third-order valence-corrected chi connectivity index (χ3v) is 3.60. The van der Waals surface area contributed by atoms with Gasteiger partial charge in [-0.05, 0) is 24.7 Å². The molecule has 18 heavy (non-hydrogen) atoms. The van der Waals surface area contributed by atoms with Crippen LogP contribution in [0.2, 0.25) is 5.15 Å². The second-order valence-corrected chi connectivity index (χ2v) is 5.16. The number of benzene rings is 1. The van der Waals surface area contributed by atoms with Crippen molar-refractivity contribution in [1.29, 1.82) is 0 Å². The van der Waals surface area contributed by atoms with E-state index in [1.807, 2.05) is 0 Å². The van der Waals surface area contributed by atoms with E-state index in [4.69, 9.17) is 17.3 Å². The fourth-order valence-electron chi connectivity index (χ4n) is 1.73. The average Bonchev–Trinajstić information content (AvgIpc) is 2.61. The Hall–Kier alpha value is -0.910. The molecule has 1 aromatic heterocycles. The Morgan fingerprint density at radius 1 is 1.50 bits per heavy atom. The SMILES string of the molecule is Cn1c(CCN)nc(-c2cc(Br)ccc2F)c1Cl. The summed E-state index contributed by atoms with van der Waals surface area (Å²) in [6, 6.07) is 4.68. The van der Waals surface area contributed by atoms with Crippen LogP contribution in [0.3, 0.4) is 0 Å². The summed E-state index contributed by atoms with van der Waals surface area (Å²) < 4.78 is 16.3. The van der Waals surface area contributed by atoms with E-state index in [1.54, 1.807) is 23.7 Å². The molecule has 0 bridgehead atoms. The molecular formula is C12H12BrClFN3. The summed E-state index contributed by atoms with van der Waals surface area (Å²) in [5, 5.41) is 0.412. The fraction of sp³-hybridized carbons (Fsp3) is 0.250. The lowest BCUT2D eigenvalue weighted by atomic mass is 10.1. The van der Waals surface area contributed by atoms with Crippen LogP contribution in [0.1, 0.15) is 5.82 Å². The van der Waals surface area contributed by atoms with E-state index in [-0.39, 0.29) is 5.82 Å². The minimum absolute atomic E-state index is 0.350. The predicted molar refractivity (Wildman–Crippen MR) is 74.1 cm³/mol. The molecule has 0 unspecified atom stereocenters. The molecule has 0 saturated heterocycles. The molecule has 0 fully saturated rings. The van der Waals surface area contributed by atoms with Crippen molar-refractivity contribution in [1.82, 2.24) is 9.55 Å². The summed E-state index contributed by atoms with van der Waals surface area (Å²) in [5.41, 5.74) is 6.33. The van der Waals surface area contributed by atoms with Gasteiger partial charge in [-0.3, -0.25) is 0 Å². The van der Waals surface area contributed by atoms with E-state index in [2.05, 4.69) is 20.9 Å². The summed E-state index contributed by atoms with van der Waals surface area (Å²) in [6.07, 6.45) is 0.603. The first-order valence-electron chi connectivity index (χ1n) is 5.41. The van der Waals surface area contributed by atoms with Gasteiger partial charge in [0, 0.05) is 23.5 Å². The van der Waals surface area contributed by atoms with Crippen molar-refractivity contribution >= 4 is 27.5 Å². The number of aromatic nitrogens is 2. The van der Waals surface area contributed by atoms with Crippen LogP contribution in [0.25, 0.3) is 11.3 Å². The van der Waals surface area contributed by atoms with Crippen LogP contribution >= 0.6 is 27.5 Å². The van der Waals surface area contributed by atoms with Crippen LogP contribution in [0.15, 0.2) is 22.7 Å². The highest BCUT2D eigenvalue weighted by atomic mass is 79.9. The van der Waals surface area contributed by atoms with E-state index in [0.29, 0.717) is 29.4 Å². The highest BCUT2D eigenvalue weighted by Gasteiger charge is 2.17. The van der Waals surface area contributed by atoms with Crippen molar-refractivity contribution in [3.05, 3.63) is 39.5 Å². The first-order valence-corrected chi connectivity index (χ1v) is 6.58. The minimum Gasteiger partial charge on any atom is -0.330 e. The first-order chi connectivity index (χ1) is 8.54. The Morgan fingerprint density at radius 3 is 2.89 bits per heavy atom. The van der Waals surface area contributed by atoms with Gasteiger partial charge in [0.25, 0.3) is 0 Å². The lowest BCUT2D eigenvalue weighted by Crippen LogP contribution is -2.07. The molecule has 2 rings (SSSR count). The normalized spacial score (nSPS) is 10.9. The van der Waals surface area contributed by atoms with E-state index < -0.39 is 0 Å². The molecule has 6 heteroatoms. The van der Waals surface area contributed by atoms with Gasteiger partial charge < -0.3 is 10.3 Å². The van der Waals surface area contributed by atoms with Crippen molar-refractivity contribution < 1.29 is 4.39 Å². The summed E-state index contributed by atoms with van der Waals surface area (Å²) >= 11 is 9.50. The van der Waals surface area contributed by atoms with Crippen LogP contribution in [0, 0.1) is 5.82 Å². The number of rotatable bonds is 3. The maximum Gasteiger partial charge on any atom is 0.136 e. The Labute approximate surface area is 118 Å². The van der Waals surface area contributed by atoms with E-state index in [0.717, 1.165) is 10.3 Å². The topological polar surface area (TPSA) is 43.8 Å². The van der Waals surface area contributed by atoms with E-state index >= 15 is 0 Å². The van der Waals surface area contributed by atoms with Gasteiger partial charge in [-0.2, -0.15) is 0 Å². The molecule has 0 aliphatic heterocycles. The highest BCUT2D eigenvalue weighted by Crippen LogP contribution is 2.31. The molecule has 1 heterocycles. The Balaban J connectivity index is 2.57. The molecule has 1 aromatic carbocycles. The quantitative estimate of drug-likeness (QED) is 0.938.